The molecule has 1 heterocycles. The molecular weight excluding hydrogens is 178 g/mol. The van der Waals surface area contributed by atoms with Gasteiger partial charge in [-0.2, -0.15) is 5.26 Å². The van der Waals surface area contributed by atoms with Crippen molar-refractivity contribution in [1.82, 2.24) is 4.98 Å². The van der Waals surface area contributed by atoms with Crippen LogP contribution in [0.5, 0.6) is 5.75 Å². The summed E-state index contributed by atoms with van der Waals surface area (Å²) < 4.78 is 5.35. The van der Waals surface area contributed by atoms with E-state index < -0.39 is 0 Å². The predicted molar refractivity (Wildman–Crippen MR) is 53.0 cm³/mol. The van der Waals surface area contributed by atoms with Gasteiger partial charge >= 0.3 is 0 Å². The molecule has 0 radical (unpaired) electrons. The van der Waals surface area contributed by atoms with Gasteiger partial charge in [-0.25, -0.2) is 0 Å². The molecule has 0 aliphatic rings. The first-order valence-corrected chi connectivity index (χ1v) is 4.40. The fourth-order valence-corrected chi connectivity index (χ4v) is 1.21. The summed E-state index contributed by atoms with van der Waals surface area (Å²) in [6.45, 7) is 4.51. The second-order valence-corrected chi connectivity index (χ2v) is 2.97. The maximum absolute atomic E-state index is 8.89. The Bertz CT molecular complexity index is 368. The van der Waals surface area contributed by atoms with Gasteiger partial charge < -0.3 is 10.5 Å². The first kappa shape index (κ1) is 10.5. The van der Waals surface area contributed by atoms with E-state index >= 15 is 0 Å². The normalized spacial score (nSPS) is 9.57. The number of hydrogen-bond donors (Lipinski definition) is 1. The van der Waals surface area contributed by atoms with E-state index in [4.69, 9.17) is 15.7 Å². The molecule has 0 aliphatic carbocycles. The van der Waals surface area contributed by atoms with E-state index in [2.05, 4.69) is 11.1 Å². The summed E-state index contributed by atoms with van der Waals surface area (Å²) in [6, 6.07) is 3.82. The van der Waals surface area contributed by atoms with E-state index in [-0.39, 0.29) is 0 Å². The highest BCUT2D eigenvalue weighted by atomic mass is 16.5. The predicted octanol–water partition coefficient (Wildman–Crippen LogP) is 0.908. The molecule has 1 aromatic heterocycles. The lowest BCUT2D eigenvalue weighted by molar-refractivity contribution is 0.326. The number of nitrogens with zero attached hydrogens (tertiary/aromatic N) is 2. The van der Waals surface area contributed by atoms with Gasteiger partial charge in [0, 0.05) is 18.3 Å². The van der Waals surface area contributed by atoms with Crippen LogP contribution in [0.1, 0.15) is 17.0 Å². The van der Waals surface area contributed by atoms with Crippen LogP contribution in [0.4, 0.5) is 0 Å². The molecule has 74 valence electrons. The van der Waals surface area contributed by atoms with Gasteiger partial charge in [0.1, 0.15) is 24.0 Å². The summed E-state index contributed by atoms with van der Waals surface area (Å²) in [7, 11) is 0. The Morgan fingerprint density at radius 2 is 2.29 bits per heavy atom. The molecule has 4 heteroatoms. The molecule has 0 aromatic carbocycles. The molecule has 1 aromatic rings. The highest BCUT2D eigenvalue weighted by Gasteiger charge is 2.08. The first-order valence-electron chi connectivity index (χ1n) is 4.40. The van der Waals surface area contributed by atoms with Crippen molar-refractivity contribution in [2.45, 2.75) is 13.8 Å². The van der Waals surface area contributed by atoms with Crippen molar-refractivity contribution in [3.63, 3.8) is 0 Å². The van der Waals surface area contributed by atoms with E-state index in [1.54, 1.807) is 13.0 Å². The van der Waals surface area contributed by atoms with E-state index in [9.17, 15) is 0 Å². The Kier molecular flexibility index (Phi) is 3.43. The standard InChI is InChI=1S/C10H13N3O/c1-7-5-10(14-4-3-11)9(6-12)8(2)13-7/h5H,3-4,11H2,1-2H3. The molecule has 0 atom stereocenters. The molecule has 0 fully saturated rings. The SMILES string of the molecule is Cc1cc(OCCN)c(C#N)c(C)n1. The average molecular weight is 191 g/mol. The molecular formula is C10H13N3O. The molecule has 1 rings (SSSR count). The summed E-state index contributed by atoms with van der Waals surface area (Å²) >= 11 is 0. The molecule has 0 saturated heterocycles. The minimum absolute atomic E-state index is 0.414. The van der Waals surface area contributed by atoms with Gasteiger partial charge in [-0.15, -0.1) is 0 Å². The third kappa shape index (κ3) is 2.21. The fourth-order valence-electron chi connectivity index (χ4n) is 1.21. The van der Waals surface area contributed by atoms with Gasteiger partial charge in [0.05, 0.1) is 5.69 Å². The minimum Gasteiger partial charge on any atom is -0.491 e. The van der Waals surface area contributed by atoms with E-state index in [0.717, 1.165) is 5.69 Å². The molecule has 0 bridgehead atoms. The number of nitriles is 1. The molecule has 0 aliphatic heterocycles. The number of rotatable bonds is 3. The number of aromatic nitrogens is 1. The smallest absolute Gasteiger partial charge is 0.140 e. The van der Waals surface area contributed by atoms with Gasteiger partial charge in [-0.05, 0) is 13.8 Å². The van der Waals surface area contributed by atoms with Crippen molar-refractivity contribution in [2.24, 2.45) is 5.73 Å². The second kappa shape index (κ2) is 4.58. The summed E-state index contributed by atoms with van der Waals surface area (Å²) in [6.07, 6.45) is 0. The Morgan fingerprint density at radius 1 is 1.57 bits per heavy atom. The highest BCUT2D eigenvalue weighted by Crippen LogP contribution is 2.20. The zero-order chi connectivity index (χ0) is 10.6. The molecule has 14 heavy (non-hydrogen) atoms. The Morgan fingerprint density at radius 3 is 2.86 bits per heavy atom. The van der Waals surface area contributed by atoms with Gasteiger partial charge in [-0.3, -0.25) is 4.98 Å². The lowest BCUT2D eigenvalue weighted by Crippen LogP contribution is -2.12. The van der Waals surface area contributed by atoms with Crippen molar-refractivity contribution in [2.75, 3.05) is 13.2 Å². The lowest BCUT2D eigenvalue weighted by atomic mass is 10.2. The Hall–Kier alpha value is -1.60. The Balaban J connectivity index is 3.07. The summed E-state index contributed by atoms with van der Waals surface area (Å²) in [5.41, 5.74) is 7.35. The number of nitrogens with two attached hydrogens (primary N) is 1. The molecule has 0 saturated carbocycles. The molecule has 2 N–H and O–H groups in total. The van der Waals surface area contributed by atoms with Gasteiger partial charge in [-0.1, -0.05) is 0 Å². The van der Waals surface area contributed by atoms with E-state index in [0.29, 0.717) is 30.2 Å². The topological polar surface area (TPSA) is 71.9 Å². The van der Waals surface area contributed by atoms with Crippen LogP contribution in [-0.4, -0.2) is 18.1 Å². The number of ether oxygens (including phenoxy) is 1. The van der Waals surface area contributed by atoms with Crippen molar-refractivity contribution in [3.8, 4) is 11.8 Å². The van der Waals surface area contributed by atoms with Crippen LogP contribution in [0, 0.1) is 25.2 Å². The second-order valence-electron chi connectivity index (χ2n) is 2.97. The van der Waals surface area contributed by atoms with Crippen LogP contribution in [0.2, 0.25) is 0 Å². The van der Waals surface area contributed by atoms with Crippen LogP contribution in [0.25, 0.3) is 0 Å². The maximum atomic E-state index is 8.89. The highest BCUT2D eigenvalue weighted by molar-refractivity contribution is 5.46. The number of pyridine rings is 1. The van der Waals surface area contributed by atoms with Gasteiger partial charge in [0.15, 0.2) is 0 Å². The van der Waals surface area contributed by atoms with Crippen molar-refractivity contribution in [3.05, 3.63) is 23.0 Å². The summed E-state index contributed by atoms with van der Waals surface area (Å²) in [4.78, 5) is 4.18. The quantitative estimate of drug-likeness (QED) is 0.770. The van der Waals surface area contributed by atoms with Crippen LogP contribution in [0.15, 0.2) is 6.07 Å². The van der Waals surface area contributed by atoms with Crippen LogP contribution in [0.3, 0.4) is 0 Å². The zero-order valence-electron chi connectivity index (χ0n) is 8.37. The first-order chi connectivity index (χ1) is 6.69. The zero-order valence-corrected chi connectivity index (χ0v) is 8.37. The van der Waals surface area contributed by atoms with E-state index in [1.807, 2.05) is 6.92 Å². The lowest BCUT2D eigenvalue weighted by Gasteiger charge is -2.08. The van der Waals surface area contributed by atoms with Crippen LogP contribution < -0.4 is 10.5 Å². The Labute approximate surface area is 83.3 Å². The van der Waals surface area contributed by atoms with Crippen molar-refractivity contribution < 1.29 is 4.74 Å². The molecule has 4 nitrogen and oxygen atoms in total. The monoisotopic (exact) mass is 191 g/mol. The molecule has 0 spiro atoms. The molecule has 0 amide bonds. The van der Waals surface area contributed by atoms with Crippen molar-refractivity contribution >= 4 is 0 Å². The average Bonchev–Trinajstić information content (AvgIpc) is 2.14. The number of aryl methyl sites for hydroxylation is 2. The van der Waals surface area contributed by atoms with Crippen LogP contribution in [-0.2, 0) is 0 Å². The number of hydrogen-bond acceptors (Lipinski definition) is 4. The maximum Gasteiger partial charge on any atom is 0.140 e. The fraction of sp³-hybridized carbons (Fsp3) is 0.400. The van der Waals surface area contributed by atoms with Gasteiger partial charge in [0.25, 0.3) is 0 Å². The summed E-state index contributed by atoms with van der Waals surface area (Å²) in [5.74, 6) is 0.572. The van der Waals surface area contributed by atoms with E-state index in [1.165, 1.54) is 0 Å². The largest absolute Gasteiger partial charge is 0.491 e. The van der Waals surface area contributed by atoms with Gasteiger partial charge in [0.2, 0.25) is 0 Å². The van der Waals surface area contributed by atoms with Crippen LogP contribution >= 0.6 is 0 Å². The summed E-state index contributed by atoms with van der Waals surface area (Å²) in [5, 5.41) is 8.89. The third-order valence-electron chi connectivity index (χ3n) is 1.78. The minimum atomic E-state index is 0.414. The third-order valence-corrected chi connectivity index (χ3v) is 1.78. The van der Waals surface area contributed by atoms with Crippen molar-refractivity contribution in [1.29, 1.82) is 5.26 Å². The molecule has 0 unspecified atom stereocenters.